The summed E-state index contributed by atoms with van der Waals surface area (Å²) in [7, 11) is 0. The highest BCUT2D eigenvalue weighted by atomic mass is 19.4. The van der Waals surface area contributed by atoms with Crippen LogP contribution in [0.2, 0.25) is 0 Å². The molecule has 1 N–H and O–H groups in total. The average Bonchev–Trinajstić information content (AvgIpc) is 4.16. The number of halogens is 18. The fourth-order valence-electron chi connectivity index (χ4n) is 11.7. The van der Waals surface area contributed by atoms with E-state index in [1.165, 1.54) is 19.9 Å². The Morgan fingerprint density at radius 2 is 1.10 bits per heavy atom. The van der Waals surface area contributed by atoms with Crippen LogP contribution in [0.5, 0.6) is 0 Å². The summed E-state index contributed by atoms with van der Waals surface area (Å²) in [6.45, 7) is 0.213. The SMILES string of the molecule is CC(C)(C#Cc1cc(C(F)(F)F)ccc1CN1CCCC12CCN(C(=O)OC(C(F)(F)F)C(F)(F)F)CC2)C(=O)OC1CN(Cc2cc(C(F)(F)F)cc(C3(C(=O)O)CCCC3)c2)C2(CCN(C(=O)OC(C(F)(F)F)C(F)(F)F)CC2)C1. The Labute approximate surface area is 456 Å². The molecule has 4 heterocycles. The summed E-state index contributed by atoms with van der Waals surface area (Å²) >= 11 is 0. The molecular weight excluding hydrogens is 1150 g/mol. The van der Waals surface area contributed by atoms with Crippen molar-refractivity contribution in [3.8, 4) is 11.8 Å². The van der Waals surface area contributed by atoms with Gasteiger partial charge in [0, 0.05) is 68.9 Å². The third-order valence-corrected chi connectivity index (χ3v) is 16.2. The van der Waals surface area contributed by atoms with E-state index in [9.17, 15) is 103 Å². The van der Waals surface area contributed by atoms with Crippen LogP contribution in [0.3, 0.4) is 0 Å². The second-order valence-corrected chi connectivity index (χ2v) is 22.0. The van der Waals surface area contributed by atoms with Crippen LogP contribution >= 0.6 is 0 Å². The lowest BCUT2D eigenvalue weighted by atomic mass is 9.77. The molecule has 82 heavy (non-hydrogen) atoms. The van der Waals surface area contributed by atoms with Gasteiger partial charge in [-0.3, -0.25) is 19.4 Å². The number of hydrogen-bond donors (Lipinski definition) is 1. The number of piperidine rings is 2. The lowest BCUT2D eigenvalue weighted by Gasteiger charge is -2.45. The van der Waals surface area contributed by atoms with Crippen LogP contribution in [0.1, 0.15) is 118 Å². The predicted octanol–water partition coefficient (Wildman–Crippen LogP) is 12.3. The van der Waals surface area contributed by atoms with Crippen molar-refractivity contribution >= 4 is 24.1 Å². The molecule has 2 aromatic carbocycles. The number of esters is 1. The summed E-state index contributed by atoms with van der Waals surface area (Å²) < 4.78 is 259. The maximum Gasteiger partial charge on any atom is 0.434 e. The minimum atomic E-state index is -6.05. The number of rotatable bonds is 10. The summed E-state index contributed by atoms with van der Waals surface area (Å²) in [4.78, 5) is 56.8. The highest BCUT2D eigenvalue weighted by Gasteiger charge is 2.62. The number of benzene rings is 2. The Morgan fingerprint density at radius 1 is 0.598 bits per heavy atom. The second kappa shape index (κ2) is 22.6. The van der Waals surface area contributed by atoms with Gasteiger partial charge in [0.15, 0.2) is 0 Å². The van der Waals surface area contributed by atoms with E-state index in [2.05, 4.69) is 21.3 Å². The van der Waals surface area contributed by atoms with Crippen LogP contribution in [0, 0.1) is 17.3 Å². The van der Waals surface area contributed by atoms with Crippen molar-refractivity contribution in [2.24, 2.45) is 5.41 Å². The summed E-state index contributed by atoms with van der Waals surface area (Å²) in [6, 6.07) is 5.44. The zero-order valence-corrected chi connectivity index (χ0v) is 43.5. The molecule has 1 aliphatic carbocycles. The topological polar surface area (TPSA) is 129 Å². The molecule has 7 rings (SSSR count). The van der Waals surface area contributed by atoms with Crippen LogP contribution in [-0.4, -0.2) is 142 Å². The maximum absolute atomic E-state index is 14.5. The molecular formula is C52H54F18N4O8. The first-order chi connectivity index (χ1) is 37.6. The normalized spacial score (nSPS) is 21.1. The summed E-state index contributed by atoms with van der Waals surface area (Å²) in [5.41, 5.74) is -8.27. The van der Waals surface area contributed by atoms with Crippen LogP contribution < -0.4 is 0 Å². The van der Waals surface area contributed by atoms with Crippen molar-refractivity contribution in [3.63, 3.8) is 0 Å². The van der Waals surface area contributed by atoms with E-state index in [0.29, 0.717) is 42.0 Å². The Hall–Kier alpha value is -5.86. The summed E-state index contributed by atoms with van der Waals surface area (Å²) in [5.74, 6) is 2.85. The van der Waals surface area contributed by atoms with E-state index in [1.807, 2.05) is 4.90 Å². The van der Waals surface area contributed by atoms with Crippen LogP contribution in [0.25, 0.3) is 0 Å². The molecule has 30 heteroatoms. The van der Waals surface area contributed by atoms with Gasteiger partial charge in [0.25, 0.3) is 12.2 Å². The second-order valence-electron chi connectivity index (χ2n) is 22.0. The molecule has 1 unspecified atom stereocenters. The highest BCUT2D eigenvalue weighted by molar-refractivity contribution is 5.82. The predicted molar refractivity (Wildman–Crippen MR) is 248 cm³/mol. The zero-order valence-electron chi connectivity index (χ0n) is 43.5. The number of hydrogen-bond acceptors (Lipinski definition) is 9. The zero-order chi connectivity index (χ0) is 61.0. The summed E-state index contributed by atoms with van der Waals surface area (Å²) in [5, 5.41) is 10.3. The third kappa shape index (κ3) is 14.0. The Kier molecular flexibility index (Phi) is 17.6. The molecule has 5 aliphatic rings. The molecule has 12 nitrogen and oxygen atoms in total. The van der Waals surface area contributed by atoms with Gasteiger partial charge in [-0.15, -0.1) is 0 Å². The monoisotopic (exact) mass is 1200 g/mol. The Bertz CT molecular complexity index is 2730. The lowest BCUT2D eigenvalue weighted by Crippen LogP contribution is -2.54. The molecule has 456 valence electrons. The van der Waals surface area contributed by atoms with E-state index in [0.717, 1.165) is 30.3 Å². The molecule has 4 saturated heterocycles. The fourth-order valence-corrected chi connectivity index (χ4v) is 11.7. The first kappa shape index (κ1) is 63.7. The number of carbonyl (C=O) groups excluding carboxylic acids is 3. The maximum atomic E-state index is 14.5. The number of amides is 2. The number of nitrogens with zero attached hydrogens (tertiary/aromatic N) is 4. The molecule has 2 amide bonds. The molecule has 1 saturated carbocycles. The number of carboxylic acids is 1. The fraction of sp³-hybridized carbons (Fsp3) is 0.654. The van der Waals surface area contributed by atoms with Crippen molar-refractivity contribution in [1.29, 1.82) is 0 Å². The molecule has 0 aromatic heterocycles. The standard InChI is InChI=1S/C52H54F18N4O8/c1-43(2,12-8-31-24-33(47(53,54)55)7-6-32(31)28-73-17-5-9-44(73)13-18-71(19-14-44)41(78)81-37(49(59,60)61)50(62,63)64)40(77)80-36-26-45(15-20-72(21-16-45)42(79)82-38(51(65,66)67)52(68,69)70)74(29-36)27-30-22-34(25-35(23-30)48(56,57)58)46(39(75)76)10-3-4-11-46/h6-7,22-25,36-38H,3-5,9-11,13-21,26-29H2,1-2H3,(H,75,76). The number of ether oxygens (including phenoxy) is 3. The highest BCUT2D eigenvalue weighted by Crippen LogP contribution is 2.47. The average molecular weight is 1200 g/mol. The first-order valence-electron chi connectivity index (χ1n) is 25.7. The number of carboxylic acid groups (broad SMARTS) is 1. The summed E-state index contributed by atoms with van der Waals surface area (Å²) in [6.07, 6.45) is -46.8. The largest absolute Gasteiger partial charge is 0.481 e. The third-order valence-electron chi connectivity index (χ3n) is 16.2. The quantitative estimate of drug-likeness (QED) is 0.106. The van der Waals surface area contributed by atoms with Crippen molar-refractivity contribution in [2.45, 2.75) is 169 Å². The van der Waals surface area contributed by atoms with E-state index >= 15 is 0 Å². The molecule has 0 bridgehead atoms. The minimum absolute atomic E-state index is 0.0136. The number of likely N-dealkylation sites (tertiary alicyclic amines) is 4. The van der Waals surface area contributed by atoms with Crippen LogP contribution in [-0.2, 0) is 54.7 Å². The van der Waals surface area contributed by atoms with Gasteiger partial charge in [-0.2, -0.15) is 79.0 Å². The number of alkyl halides is 18. The van der Waals surface area contributed by atoms with Crippen molar-refractivity contribution in [3.05, 3.63) is 69.8 Å². The van der Waals surface area contributed by atoms with Gasteiger partial charge in [-0.25, -0.2) is 9.59 Å². The number of carbonyl (C=O) groups is 4. The van der Waals surface area contributed by atoms with Crippen LogP contribution in [0.4, 0.5) is 88.6 Å². The Balaban J connectivity index is 1.12. The van der Waals surface area contributed by atoms with Crippen molar-refractivity contribution < 1.29 is 118 Å². The number of aliphatic carboxylic acids is 1. The van der Waals surface area contributed by atoms with E-state index in [-0.39, 0.29) is 93.4 Å². The molecule has 1 atom stereocenters. The lowest BCUT2D eigenvalue weighted by molar-refractivity contribution is -0.309. The Morgan fingerprint density at radius 3 is 1.57 bits per heavy atom. The molecule has 5 fully saturated rings. The van der Waals surface area contributed by atoms with E-state index in [1.54, 1.807) is 4.90 Å². The first-order valence-corrected chi connectivity index (χ1v) is 25.7. The van der Waals surface area contributed by atoms with Crippen LogP contribution in [0.15, 0.2) is 36.4 Å². The van der Waals surface area contributed by atoms with Gasteiger partial charge in [-0.1, -0.05) is 36.8 Å². The molecule has 0 radical (unpaired) electrons. The van der Waals surface area contributed by atoms with E-state index in [4.69, 9.17) is 4.74 Å². The van der Waals surface area contributed by atoms with Gasteiger partial charge in [0.05, 0.1) is 16.5 Å². The van der Waals surface area contributed by atoms with Gasteiger partial charge in [-0.05, 0) is 113 Å². The van der Waals surface area contributed by atoms with Gasteiger partial charge in [0.2, 0.25) is 0 Å². The smallest absolute Gasteiger partial charge is 0.434 e. The van der Waals surface area contributed by atoms with Gasteiger partial charge < -0.3 is 29.1 Å². The minimum Gasteiger partial charge on any atom is -0.481 e. The molecule has 4 aliphatic heterocycles. The molecule has 2 aromatic rings. The molecule has 2 spiro atoms. The van der Waals surface area contributed by atoms with Gasteiger partial charge in [0.1, 0.15) is 11.5 Å². The van der Waals surface area contributed by atoms with Crippen molar-refractivity contribution in [2.75, 3.05) is 39.3 Å². The van der Waals surface area contributed by atoms with Gasteiger partial charge >= 0.3 is 61.2 Å². The van der Waals surface area contributed by atoms with E-state index < -0.39 is 132 Å². The van der Waals surface area contributed by atoms with Crippen molar-refractivity contribution in [1.82, 2.24) is 19.6 Å².